The van der Waals surface area contributed by atoms with Gasteiger partial charge in [0, 0.05) is 0 Å². The van der Waals surface area contributed by atoms with Crippen molar-refractivity contribution in [2.45, 2.75) is 33.3 Å². The molecule has 0 amide bonds. The second kappa shape index (κ2) is 5.65. The molecular formula is C11H17O5P. The van der Waals surface area contributed by atoms with Gasteiger partial charge in [-0.3, -0.25) is 4.52 Å². The van der Waals surface area contributed by atoms with Gasteiger partial charge in [-0.15, -0.1) is 0 Å². The zero-order valence-corrected chi connectivity index (χ0v) is 10.8. The van der Waals surface area contributed by atoms with Crippen molar-refractivity contribution < 1.29 is 24.0 Å². The second-order valence-corrected chi connectivity index (χ2v) is 4.97. The average Bonchev–Trinajstić information content (AvgIpc) is 2.26. The first-order valence-corrected chi connectivity index (χ1v) is 6.94. The maximum atomic E-state index is 10.6. The maximum absolute atomic E-state index is 10.6. The smallest absolute Gasteiger partial charge is 0.469 e. The molecule has 0 bridgehead atoms. The van der Waals surface area contributed by atoms with E-state index in [0.29, 0.717) is 18.4 Å². The van der Waals surface area contributed by atoms with Crippen molar-refractivity contribution >= 4 is 7.82 Å². The summed E-state index contributed by atoms with van der Waals surface area (Å²) in [5.41, 5.74) is 2.17. The first-order valence-electron chi connectivity index (χ1n) is 5.41. The van der Waals surface area contributed by atoms with Crippen molar-refractivity contribution in [2.75, 3.05) is 0 Å². The van der Waals surface area contributed by atoms with Gasteiger partial charge in [-0.1, -0.05) is 13.8 Å². The Bertz CT molecular complexity index is 412. The predicted octanol–water partition coefficient (Wildman–Crippen LogP) is 2.13. The van der Waals surface area contributed by atoms with Gasteiger partial charge in [0.2, 0.25) is 0 Å². The van der Waals surface area contributed by atoms with Gasteiger partial charge >= 0.3 is 7.82 Å². The number of phosphoric acid groups is 1. The molecule has 1 aromatic carbocycles. The Balaban J connectivity index is 2.97. The molecule has 0 aliphatic heterocycles. The molecular weight excluding hydrogens is 243 g/mol. The van der Waals surface area contributed by atoms with Gasteiger partial charge < -0.3 is 14.9 Å². The molecule has 0 aliphatic rings. The molecule has 17 heavy (non-hydrogen) atoms. The molecule has 0 saturated heterocycles. The van der Waals surface area contributed by atoms with E-state index in [0.717, 1.165) is 11.1 Å². The molecule has 0 unspecified atom stereocenters. The van der Waals surface area contributed by atoms with E-state index < -0.39 is 7.82 Å². The number of hydrogen-bond acceptors (Lipinski definition) is 3. The van der Waals surface area contributed by atoms with Crippen molar-refractivity contribution in [3.8, 4) is 5.75 Å². The van der Waals surface area contributed by atoms with Crippen molar-refractivity contribution in [1.29, 1.82) is 0 Å². The fourth-order valence-electron chi connectivity index (χ4n) is 1.61. The summed E-state index contributed by atoms with van der Waals surface area (Å²) in [6.45, 7) is 3.65. The summed E-state index contributed by atoms with van der Waals surface area (Å²) in [4.78, 5) is 17.3. The van der Waals surface area contributed by atoms with Crippen LogP contribution < -0.4 is 0 Å². The highest BCUT2D eigenvalue weighted by molar-refractivity contribution is 7.46. The largest absolute Gasteiger partial charge is 0.507 e. The summed E-state index contributed by atoms with van der Waals surface area (Å²) in [6, 6.07) is 3.40. The van der Waals surface area contributed by atoms with Crippen LogP contribution in [-0.4, -0.2) is 14.9 Å². The van der Waals surface area contributed by atoms with Gasteiger partial charge in [0.25, 0.3) is 0 Å². The molecule has 0 aliphatic carbocycles. The van der Waals surface area contributed by atoms with E-state index in [2.05, 4.69) is 4.52 Å². The summed E-state index contributed by atoms with van der Waals surface area (Å²) in [5.74, 6) is 0.259. The van der Waals surface area contributed by atoms with Crippen LogP contribution in [0, 0.1) is 0 Å². The fraction of sp³-hybridized carbons (Fsp3) is 0.455. The maximum Gasteiger partial charge on any atom is 0.469 e. The Hall–Kier alpha value is -0.870. The molecule has 0 fully saturated rings. The second-order valence-electron chi connectivity index (χ2n) is 3.73. The van der Waals surface area contributed by atoms with Gasteiger partial charge in [0.15, 0.2) is 0 Å². The number of phenolic OH excluding ortho intramolecular Hbond substituents is 1. The Labute approximate surface area is 100 Å². The Morgan fingerprint density at radius 1 is 1.18 bits per heavy atom. The van der Waals surface area contributed by atoms with Crippen LogP contribution >= 0.6 is 7.82 Å². The Morgan fingerprint density at radius 3 is 2.00 bits per heavy atom. The molecule has 3 N–H and O–H groups in total. The van der Waals surface area contributed by atoms with Crippen LogP contribution in [0.25, 0.3) is 0 Å². The highest BCUT2D eigenvalue weighted by Gasteiger charge is 2.15. The zero-order chi connectivity index (χ0) is 13.1. The summed E-state index contributed by atoms with van der Waals surface area (Å²) in [7, 11) is -4.45. The topological polar surface area (TPSA) is 87.0 Å². The normalized spacial score (nSPS) is 11.8. The summed E-state index contributed by atoms with van der Waals surface area (Å²) >= 11 is 0. The lowest BCUT2D eigenvalue weighted by molar-refractivity contribution is 0.189. The number of rotatable bonds is 5. The zero-order valence-electron chi connectivity index (χ0n) is 9.88. The number of hydrogen-bond donors (Lipinski definition) is 3. The monoisotopic (exact) mass is 260 g/mol. The van der Waals surface area contributed by atoms with Crippen molar-refractivity contribution in [2.24, 2.45) is 0 Å². The summed E-state index contributed by atoms with van der Waals surface area (Å²) in [5, 5.41) is 9.85. The third kappa shape index (κ3) is 4.13. The molecule has 6 heteroatoms. The molecule has 0 spiro atoms. The van der Waals surface area contributed by atoms with E-state index in [-0.39, 0.29) is 12.4 Å². The van der Waals surface area contributed by atoms with Crippen LogP contribution in [0.3, 0.4) is 0 Å². The molecule has 96 valence electrons. The van der Waals surface area contributed by atoms with E-state index in [1.807, 2.05) is 13.8 Å². The third-order valence-corrected chi connectivity index (χ3v) is 2.95. The lowest BCUT2D eigenvalue weighted by Gasteiger charge is -2.11. The van der Waals surface area contributed by atoms with Crippen LogP contribution in [0.15, 0.2) is 12.1 Å². The van der Waals surface area contributed by atoms with Crippen LogP contribution in [0.4, 0.5) is 0 Å². The van der Waals surface area contributed by atoms with Gasteiger partial charge in [-0.2, -0.15) is 0 Å². The van der Waals surface area contributed by atoms with Crippen molar-refractivity contribution in [1.82, 2.24) is 0 Å². The molecule has 0 heterocycles. The minimum atomic E-state index is -4.45. The van der Waals surface area contributed by atoms with E-state index in [9.17, 15) is 9.67 Å². The molecule has 5 nitrogen and oxygen atoms in total. The number of aryl methyl sites for hydroxylation is 2. The molecule has 0 aromatic heterocycles. The van der Waals surface area contributed by atoms with Gasteiger partial charge in [0.05, 0.1) is 6.61 Å². The minimum absolute atomic E-state index is 0.162. The first-order chi connectivity index (χ1) is 7.87. The molecule has 0 radical (unpaired) electrons. The molecule has 0 saturated carbocycles. The first kappa shape index (κ1) is 14.2. The standard InChI is InChI=1S/C11H17O5P/c1-3-9-5-8(7-16-17(13,14)15)6-10(4-2)11(9)12/h5-6,12H,3-4,7H2,1-2H3,(H2,13,14,15). The molecule has 1 aromatic rings. The number of benzene rings is 1. The Kier molecular flexibility index (Phi) is 4.71. The van der Waals surface area contributed by atoms with Crippen molar-refractivity contribution in [3.63, 3.8) is 0 Å². The van der Waals surface area contributed by atoms with Gasteiger partial charge in [-0.25, -0.2) is 4.57 Å². The number of phenols is 1. The highest BCUT2D eigenvalue weighted by Crippen LogP contribution is 2.37. The van der Waals surface area contributed by atoms with E-state index >= 15 is 0 Å². The van der Waals surface area contributed by atoms with Crippen LogP contribution in [-0.2, 0) is 28.5 Å². The van der Waals surface area contributed by atoms with Gasteiger partial charge in [-0.05, 0) is 41.7 Å². The summed E-state index contributed by atoms with van der Waals surface area (Å²) in [6.07, 6.45) is 1.31. The van der Waals surface area contributed by atoms with Crippen LogP contribution in [0.2, 0.25) is 0 Å². The SMILES string of the molecule is CCc1cc(COP(=O)(O)O)cc(CC)c1O. The molecule has 1 rings (SSSR count). The lowest BCUT2D eigenvalue weighted by atomic mass is 10.0. The quantitative estimate of drug-likeness (QED) is 0.706. The van der Waals surface area contributed by atoms with E-state index in [1.165, 1.54) is 0 Å². The fourth-order valence-corrected chi connectivity index (χ4v) is 1.93. The number of phosphoric ester groups is 1. The lowest BCUT2D eigenvalue weighted by Crippen LogP contribution is -1.96. The van der Waals surface area contributed by atoms with Crippen LogP contribution in [0.1, 0.15) is 30.5 Å². The third-order valence-electron chi connectivity index (χ3n) is 2.49. The molecule has 0 atom stereocenters. The Morgan fingerprint density at radius 2 is 1.65 bits per heavy atom. The van der Waals surface area contributed by atoms with Gasteiger partial charge in [0.1, 0.15) is 5.75 Å². The predicted molar refractivity (Wildman–Crippen MR) is 63.7 cm³/mol. The highest BCUT2D eigenvalue weighted by atomic mass is 31.2. The average molecular weight is 260 g/mol. The number of aromatic hydroxyl groups is 1. The van der Waals surface area contributed by atoms with Crippen molar-refractivity contribution in [3.05, 3.63) is 28.8 Å². The summed E-state index contributed by atoms with van der Waals surface area (Å²) < 4.78 is 15.0. The van der Waals surface area contributed by atoms with Crippen LogP contribution in [0.5, 0.6) is 5.75 Å². The van der Waals surface area contributed by atoms with E-state index in [1.54, 1.807) is 12.1 Å². The van der Waals surface area contributed by atoms with E-state index in [4.69, 9.17) is 9.79 Å². The minimum Gasteiger partial charge on any atom is -0.507 e.